The summed E-state index contributed by atoms with van der Waals surface area (Å²) in [5.74, 6) is 0. The summed E-state index contributed by atoms with van der Waals surface area (Å²) in [7, 11) is 0. The van der Waals surface area contributed by atoms with E-state index in [-0.39, 0.29) is 11.1 Å². The lowest BCUT2D eigenvalue weighted by atomic mass is 9.83. The van der Waals surface area contributed by atoms with Gasteiger partial charge in [0.2, 0.25) is 0 Å². The lowest BCUT2D eigenvalue weighted by Gasteiger charge is -2.35. The Morgan fingerprint density at radius 1 is 0.765 bits per heavy atom. The summed E-state index contributed by atoms with van der Waals surface area (Å²) in [6, 6.07) is 9.01. The molecule has 0 unspecified atom stereocenters. The molecule has 1 aliphatic heterocycles. The maximum atomic E-state index is 3.98. The summed E-state index contributed by atoms with van der Waals surface area (Å²) < 4.78 is 0. The van der Waals surface area contributed by atoms with E-state index in [0.717, 1.165) is 0 Å². The van der Waals surface area contributed by atoms with Crippen LogP contribution in [0, 0.1) is 0 Å². The predicted molar refractivity (Wildman–Crippen MR) is 74.1 cm³/mol. The highest BCUT2D eigenvalue weighted by atomic mass is 15.1. The van der Waals surface area contributed by atoms with Crippen LogP contribution in [-0.4, -0.2) is 0 Å². The Labute approximate surface area is 106 Å². The van der Waals surface area contributed by atoms with Crippen molar-refractivity contribution in [1.29, 1.82) is 0 Å². The van der Waals surface area contributed by atoms with Crippen LogP contribution in [0.5, 0.6) is 0 Å². The fourth-order valence-electron chi connectivity index (χ4n) is 3.53. The third-order valence-electron chi connectivity index (χ3n) is 4.85. The van der Waals surface area contributed by atoms with Gasteiger partial charge >= 0.3 is 0 Å². The summed E-state index contributed by atoms with van der Waals surface area (Å²) in [5.41, 5.74) is 3.47. The molecular formula is C16H25N. The Kier molecular flexibility index (Phi) is 3.31. The van der Waals surface area contributed by atoms with Crippen molar-refractivity contribution < 1.29 is 0 Å². The first-order valence-corrected chi connectivity index (χ1v) is 7.07. The van der Waals surface area contributed by atoms with Crippen LogP contribution in [0.2, 0.25) is 0 Å². The zero-order valence-corrected chi connectivity index (χ0v) is 11.6. The van der Waals surface area contributed by atoms with E-state index in [1.807, 2.05) is 0 Å². The molecule has 1 heterocycles. The SMILES string of the molecule is CCC1(CC)NC(CC)(CC)c2ccccc21. The second-order valence-electron chi connectivity index (χ2n) is 5.25. The summed E-state index contributed by atoms with van der Waals surface area (Å²) in [4.78, 5) is 0. The van der Waals surface area contributed by atoms with Crippen molar-refractivity contribution >= 4 is 0 Å². The third-order valence-corrected chi connectivity index (χ3v) is 4.85. The zero-order chi connectivity index (χ0) is 12.5. The number of fused-ring (bicyclic) bond motifs is 1. The maximum Gasteiger partial charge on any atom is 0.0439 e. The smallest absolute Gasteiger partial charge is 0.0439 e. The lowest BCUT2D eigenvalue weighted by Crippen LogP contribution is -2.46. The third kappa shape index (κ3) is 1.63. The van der Waals surface area contributed by atoms with Crippen LogP contribution in [0.25, 0.3) is 0 Å². The van der Waals surface area contributed by atoms with E-state index in [0.29, 0.717) is 0 Å². The molecule has 2 rings (SSSR count). The molecule has 1 N–H and O–H groups in total. The lowest BCUT2D eigenvalue weighted by molar-refractivity contribution is 0.217. The minimum atomic E-state index is 0.197. The molecule has 0 amide bonds. The molecule has 0 radical (unpaired) electrons. The molecule has 1 nitrogen and oxygen atoms in total. The minimum Gasteiger partial charge on any atom is -0.298 e. The van der Waals surface area contributed by atoms with Crippen LogP contribution < -0.4 is 5.32 Å². The molecule has 1 aromatic carbocycles. The fraction of sp³-hybridized carbons (Fsp3) is 0.625. The first-order valence-electron chi connectivity index (χ1n) is 7.07. The molecule has 1 heteroatoms. The Hall–Kier alpha value is -0.820. The van der Waals surface area contributed by atoms with Crippen LogP contribution in [-0.2, 0) is 11.1 Å². The van der Waals surface area contributed by atoms with Gasteiger partial charge in [-0.2, -0.15) is 0 Å². The van der Waals surface area contributed by atoms with Gasteiger partial charge in [0.1, 0.15) is 0 Å². The first kappa shape index (κ1) is 12.6. The molecule has 0 spiro atoms. The molecule has 0 atom stereocenters. The number of hydrogen-bond donors (Lipinski definition) is 1. The predicted octanol–water partition coefficient (Wildman–Crippen LogP) is 4.32. The van der Waals surface area contributed by atoms with E-state index in [1.165, 1.54) is 36.8 Å². The minimum absolute atomic E-state index is 0.197. The van der Waals surface area contributed by atoms with Crippen molar-refractivity contribution in [3.05, 3.63) is 35.4 Å². The van der Waals surface area contributed by atoms with Crippen molar-refractivity contribution in [3.63, 3.8) is 0 Å². The molecule has 1 aliphatic rings. The van der Waals surface area contributed by atoms with Gasteiger partial charge in [0.15, 0.2) is 0 Å². The molecule has 0 fully saturated rings. The molecule has 0 saturated carbocycles. The number of nitrogens with one attached hydrogen (secondary N) is 1. The quantitative estimate of drug-likeness (QED) is 0.813. The van der Waals surface area contributed by atoms with Gasteiger partial charge in [-0.3, -0.25) is 5.32 Å². The van der Waals surface area contributed by atoms with Crippen molar-refractivity contribution in [3.8, 4) is 0 Å². The Bertz CT molecular complexity index is 349. The molecule has 0 aliphatic carbocycles. The van der Waals surface area contributed by atoms with Gasteiger partial charge in [-0.25, -0.2) is 0 Å². The van der Waals surface area contributed by atoms with Crippen LogP contribution in [0.15, 0.2) is 24.3 Å². The Morgan fingerprint density at radius 2 is 1.12 bits per heavy atom. The monoisotopic (exact) mass is 231 g/mol. The largest absolute Gasteiger partial charge is 0.298 e. The van der Waals surface area contributed by atoms with Gasteiger partial charge in [0.25, 0.3) is 0 Å². The van der Waals surface area contributed by atoms with Crippen LogP contribution in [0.3, 0.4) is 0 Å². The van der Waals surface area contributed by atoms with Gasteiger partial charge < -0.3 is 0 Å². The summed E-state index contributed by atoms with van der Waals surface area (Å²) in [6.45, 7) is 9.20. The highest BCUT2D eigenvalue weighted by Gasteiger charge is 2.47. The van der Waals surface area contributed by atoms with Crippen molar-refractivity contribution in [2.24, 2.45) is 0 Å². The van der Waals surface area contributed by atoms with Gasteiger partial charge in [-0.05, 0) is 36.8 Å². The van der Waals surface area contributed by atoms with Crippen molar-refractivity contribution in [1.82, 2.24) is 5.32 Å². The fourth-order valence-corrected chi connectivity index (χ4v) is 3.53. The second kappa shape index (κ2) is 4.45. The highest BCUT2D eigenvalue weighted by Crippen LogP contribution is 2.47. The number of rotatable bonds is 4. The van der Waals surface area contributed by atoms with Gasteiger partial charge in [0.05, 0.1) is 0 Å². The van der Waals surface area contributed by atoms with E-state index >= 15 is 0 Å². The normalized spacial score (nSPS) is 20.2. The molecule has 17 heavy (non-hydrogen) atoms. The average Bonchev–Trinajstić information content (AvgIpc) is 2.71. The molecule has 1 aromatic rings. The Balaban J connectivity index is 2.60. The summed E-state index contributed by atoms with van der Waals surface area (Å²) in [6.07, 6.45) is 4.68. The molecule has 0 bridgehead atoms. The topological polar surface area (TPSA) is 12.0 Å². The van der Waals surface area contributed by atoms with Crippen LogP contribution >= 0.6 is 0 Å². The van der Waals surface area contributed by atoms with Crippen molar-refractivity contribution in [2.75, 3.05) is 0 Å². The van der Waals surface area contributed by atoms with Gasteiger partial charge in [-0.15, -0.1) is 0 Å². The highest BCUT2D eigenvalue weighted by molar-refractivity contribution is 5.44. The number of benzene rings is 1. The van der Waals surface area contributed by atoms with E-state index in [1.54, 1.807) is 0 Å². The van der Waals surface area contributed by atoms with E-state index < -0.39 is 0 Å². The molecule has 0 aromatic heterocycles. The molecule has 94 valence electrons. The van der Waals surface area contributed by atoms with Gasteiger partial charge in [0, 0.05) is 11.1 Å². The zero-order valence-electron chi connectivity index (χ0n) is 11.6. The number of hydrogen-bond acceptors (Lipinski definition) is 1. The van der Waals surface area contributed by atoms with E-state index in [2.05, 4.69) is 57.3 Å². The van der Waals surface area contributed by atoms with Crippen LogP contribution in [0.4, 0.5) is 0 Å². The first-order chi connectivity index (χ1) is 8.18. The van der Waals surface area contributed by atoms with Gasteiger partial charge in [-0.1, -0.05) is 52.0 Å². The summed E-state index contributed by atoms with van der Waals surface area (Å²) in [5, 5.41) is 3.98. The summed E-state index contributed by atoms with van der Waals surface area (Å²) >= 11 is 0. The second-order valence-corrected chi connectivity index (χ2v) is 5.25. The van der Waals surface area contributed by atoms with E-state index in [4.69, 9.17) is 0 Å². The van der Waals surface area contributed by atoms with Crippen molar-refractivity contribution in [2.45, 2.75) is 64.5 Å². The maximum absolute atomic E-state index is 3.98. The molecule has 0 saturated heterocycles. The standard InChI is InChI=1S/C16H25N/c1-5-15(6-2)13-11-9-10-12-14(13)16(7-3,8-4)17-15/h9-12,17H,5-8H2,1-4H3. The molecular weight excluding hydrogens is 206 g/mol. The average molecular weight is 231 g/mol. The Morgan fingerprint density at radius 3 is 1.41 bits per heavy atom. The van der Waals surface area contributed by atoms with Crippen LogP contribution in [0.1, 0.15) is 64.5 Å². The van der Waals surface area contributed by atoms with E-state index in [9.17, 15) is 0 Å².